The molecule has 1 heterocycles. The Morgan fingerprint density at radius 2 is 2.14 bits per heavy atom. The molecule has 0 unspecified atom stereocenters. The minimum absolute atomic E-state index is 0.244. The van der Waals surface area contributed by atoms with Gasteiger partial charge in [-0.3, -0.25) is 4.79 Å². The summed E-state index contributed by atoms with van der Waals surface area (Å²) in [5, 5.41) is 4.05. The van der Waals surface area contributed by atoms with E-state index >= 15 is 0 Å². The van der Waals surface area contributed by atoms with E-state index in [0.29, 0.717) is 10.6 Å². The van der Waals surface area contributed by atoms with Crippen molar-refractivity contribution in [1.82, 2.24) is 9.97 Å². The van der Waals surface area contributed by atoms with Gasteiger partial charge in [0.05, 0.1) is 21.6 Å². The fourth-order valence-electron chi connectivity index (χ4n) is 2.20. The van der Waals surface area contributed by atoms with Gasteiger partial charge in [-0.1, -0.05) is 35.5 Å². The van der Waals surface area contributed by atoms with Crippen LogP contribution in [0, 0.1) is 6.92 Å². The monoisotopic (exact) mass is 331 g/mol. The lowest BCUT2D eigenvalue weighted by molar-refractivity contribution is 0.102. The van der Waals surface area contributed by atoms with Crippen LogP contribution in [-0.2, 0) is 0 Å². The maximum Gasteiger partial charge on any atom is 0.257 e. The van der Waals surface area contributed by atoms with E-state index in [-0.39, 0.29) is 5.91 Å². The number of nitrogens with zero attached hydrogens (tertiary/aromatic N) is 1. The largest absolute Gasteiger partial charge is 0.333 e. The number of aryl methyl sites for hydroxylation is 1. The number of aromatic amines is 1. The molecular formula is C16H14ClN3OS. The molecule has 0 aliphatic heterocycles. The highest BCUT2D eigenvalue weighted by molar-refractivity contribution is 7.98. The molecule has 3 aromatic rings. The molecule has 3 rings (SSSR count). The third-order valence-electron chi connectivity index (χ3n) is 3.26. The van der Waals surface area contributed by atoms with Gasteiger partial charge < -0.3 is 10.3 Å². The maximum atomic E-state index is 12.4. The average Bonchev–Trinajstić information content (AvgIpc) is 2.88. The van der Waals surface area contributed by atoms with Gasteiger partial charge in [0.1, 0.15) is 0 Å². The SMILES string of the molecule is CSc1nc2cc(C(=O)Nc3cccc(C)c3)c(Cl)cc2[nH]1. The number of H-pyrrole nitrogens is 1. The molecule has 0 aliphatic carbocycles. The molecular weight excluding hydrogens is 318 g/mol. The van der Waals surface area contributed by atoms with Crippen molar-refractivity contribution in [1.29, 1.82) is 0 Å². The van der Waals surface area contributed by atoms with Crippen LogP contribution in [0.5, 0.6) is 0 Å². The summed E-state index contributed by atoms with van der Waals surface area (Å²) < 4.78 is 0. The van der Waals surface area contributed by atoms with Crippen LogP contribution in [0.4, 0.5) is 5.69 Å². The predicted octanol–water partition coefficient (Wildman–Crippen LogP) is 4.50. The maximum absolute atomic E-state index is 12.4. The number of hydrogen-bond donors (Lipinski definition) is 2. The Morgan fingerprint density at radius 3 is 2.86 bits per heavy atom. The number of carbonyl (C=O) groups is 1. The minimum atomic E-state index is -0.244. The molecule has 0 fully saturated rings. The second-order valence-corrected chi connectivity index (χ2v) is 6.12. The molecule has 4 nitrogen and oxygen atoms in total. The van der Waals surface area contributed by atoms with Gasteiger partial charge in [0.2, 0.25) is 0 Å². The second kappa shape index (κ2) is 6.02. The van der Waals surface area contributed by atoms with Crippen LogP contribution in [-0.4, -0.2) is 22.1 Å². The molecule has 0 radical (unpaired) electrons. The Hall–Kier alpha value is -1.98. The zero-order valence-corrected chi connectivity index (χ0v) is 13.7. The second-order valence-electron chi connectivity index (χ2n) is 4.92. The zero-order chi connectivity index (χ0) is 15.7. The lowest BCUT2D eigenvalue weighted by atomic mass is 10.1. The summed E-state index contributed by atoms with van der Waals surface area (Å²) in [7, 11) is 0. The highest BCUT2D eigenvalue weighted by atomic mass is 35.5. The fraction of sp³-hybridized carbons (Fsp3) is 0.125. The van der Waals surface area contributed by atoms with Crippen molar-refractivity contribution in [3.05, 3.63) is 52.5 Å². The Morgan fingerprint density at radius 1 is 1.32 bits per heavy atom. The molecule has 1 aromatic heterocycles. The summed E-state index contributed by atoms with van der Waals surface area (Å²) >= 11 is 7.74. The van der Waals surface area contributed by atoms with Crippen LogP contribution < -0.4 is 5.32 Å². The number of benzene rings is 2. The molecule has 0 spiro atoms. The first-order valence-electron chi connectivity index (χ1n) is 6.68. The molecule has 2 aromatic carbocycles. The van der Waals surface area contributed by atoms with Gasteiger partial charge in [-0.05, 0) is 43.0 Å². The minimum Gasteiger partial charge on any atom is -0.333 e. The van der Waals surface area contributed by atoms with Crippen molar-refractivity contribution < 1.29 is 4.79 Å². The summed E-state index contributed by atoms with van der Waals surface area (Å²) in [5.41, 5.74) is 3.78. The number of amides is 1. The van der Waals surface area contributed by atoms with Crippen molar-refractivity contribution in [2.75, 3.05) is 11.6 Å². The Kier molecular flexibility index (Phi) is 4.09. The molecule has 0 atom stereocenters. The molecule has 2 N–H and O–H groups in total. The number of thioether (sulfide) groups is 1. The van der Waals surface area contributed by atoms with Crippen LogP contribution >= 0.6 is 23.4 Å². The van der Waals surface area contributed by atoms with Gasteiger partial charge in [0.15, 0.2) is 5.16 Å². The van der Waals surface area contributed by atoms with Gasteiger partial charge >= 0.3 is 0 Å². The molecule has 112 valence electrons. The van der Waals surface area contributed by atoms with E-state index < -0.39 is 0 Å². The topological polar surface area (TPSA) is 57.8 Å². The number of hydrogen-bond acceptors (Lipinski definition) is 3. The normalized spacial score (nSPS) is 10.9. The lowest BCUT2D eigenvalue weighted by Gasteiger charge is -2.07. The van der Waals surface area contributed by atoms with E-state index in [1.54, 1.807) is 12.1 Å². The van der Waals surface area contributed by atoms with Crippen molar-refractivity contribution in [2.24, 2.45) is 0 Å². The number of nitrogens with one attached hydrogen (secondary N) is 2. The number of anilines is 1. The molecule has 0 aliphatic rings. The number of carbonyl (C=O) groups excluding carboxylic acids is 1. The van der Waals surface area contributed by atoms with Gasteiger partial charge in [-0.25, -0.2) is 4.98 Å². The number of aromatic nitrogens is 2. The number of rotatable bonds is 3. The van der Waals surface area contributed by atoms with Gasteiger partial charge in [-0.15, -0.1) is 0 Å². The molecule has 0 saturated heterocycles. The molecule has 0 bridgehead atoms. The van der Waals surface area contributed by atoms with E-state index in [2.05, 4.69) is 15.3 Å². The Bertz CT molecular complexity index is 860. The van der Waals surface area contributed by atoms with Crippen molar-refractivity contribution in [2.45, 2.75) is 12.1 Å². The zero-order valence-electron chi connectivity index (χ0n) is 12.1. The van der Waals surface area contributed by atoms with E-state index in [0.717, 1.165) is 27.4 Å². The third-order valence-corrected chi connectivity index (χ3v) is 4.16. The van der Waals surface area contributed by atoms with Crippen LogP contribution in [0.3, 0.4) is 0 Å². The summed E-state index contributed by atoms with van der Waals surface area (Å²) in [6, 6.07) is 11.1. The van der Waals surface area contributed by atoms with Gasteiger partial charge in [0, 0.05) is 5.69 Å². The highest BCUT2D eigenvalue weighted by Gasteiger charge is 2.14. The third kappa shape index (κ3) is 2.96. The quantitative estimate of drug-likeness (QED) is 0.695. The Labute approximate surface area is 137 Å². The van der Waals surface area contributed by atoms with Crippen molar-refractivity contribution in [3.8, 4) is 0 Å². The first kappa shape index (κ1) is 14.9. The summed E-state index contributed by atoms with van der Waals surface area (Å²) in [5.74, 6) is -0.244. The fourth-order valence-corrected chi connectivity index (χ4v) is 2.85. The van der Waals surface area contributed by atoms with E-state index in [1.165, 1.54) is 11.8 Å². The molecule has 6 heteroatoms. The van der Waals surface area contributed by atoms with E-state index in [1.807, 2.05) is 37.4 Å². The summed E-state index contributed by atoms with van der Waals surface area (Å²) in [4.78, 5) is 20.0. The summed E-state index contributed by atoms with van der Waals surface area (Å²) in [6.45, 7) is 1.97. The molecule has 0 saturated carbocycles. The van der Waals surface area contributed by atoms with Crippen molar-refractivity contribution >= 4 is 46.0 Å². The highest BCUT2D eigenvalue weighted by Crippen LogP contribution is 2.25. The predicted molar refractivity (Wildman–Crippen MR) is 92.0 cm³/mol. The van der Waals surface area contributed by atoms with Gasteiger partial charge in [0.25, 0.3) is 5.91 Å². The number of halogens is 1. The van der Waals surface area contributed by atoms with Gasteiger partial charge in [-0.2, -0.15) is 0 Å². The smallest absolute Gasteiger partial charge is 0.257 e. The standard InChI is InChI=1S/C16H14ClN3OS/c1-9-4-3-5-10(6-9)18-15(21)11-7-13-14(8-12(11)17)20-16(19-13)22-2/h3-8H,1-2H3,(H,18,21)(H,19,20). The van der Waals surface area contributed by atoms with Crippen LogP contribution in [0.15, 0.2) is 41.6 Å². The number of fused-ring (bicyclic) bond motifs is 1. The summed E-state index contributed by atoms with van der Waals surface area (Å²) in [6.07, 6.45) is 1.94. The van der Waals surface area contributed by atoms with Crippen molar-refractivity contribution in [3.63, 3.8) is 0 Å². The average molecular weight is 332 g/mol. The van der Waals surface area contributed by atoms with Crippen LogP contribution in [0.25, 0.3) is 11.0 Å². The van der Waals surface area contributed by atoms with Crippen LogP contribution in [0.2, 0.25) is 5.02 Å². The lowest BCUT2D eigenvalue weighted by Crippen LogP contribution is -2.12. The molecule has 1 amide bonds. The first-order chi connectivity index (χ1) is 10.6. The first-order valence-corrected chi connectivity index (χ1v) is 8.28. The van der Waals surface area contributed by atoms with Crippen LogP contribution in [0.1, 0.15) is 15.9 Å². The molecule has 22 heavy (non-hydrogen) atoms. The van der Waals surface area contributed by atoms with E-state index in [4.69, 9.17) is 11.6 Å². The number of imidazole rings is 1. The Balaban J connectivity index is 1.94. The van der Waals surface area contributed by atoms with E-state index in [9.17, 15) is 4.79 Å².